The molecule has 1 heterocycles. The molecule has 0 saturated carbocycles. The highest BCUT2D eigenvalue weighted by atomic mass is 32.2. The number of benzene rings is 2. The topological polar surface area (TPSA) is 93.2 Å². The van der Waals surface area contributed by atoms with E-state index in [4.69, 9.17) is 9.47 Å². The van der Waals surface area contributed by atoms with Gasteiger partial charge in [-0.1, -0.05) is 56.0 Å². The van der Waals surface area contributed by atoms with Gasteiger partial charge in [-0.05, 0) is 56.5 Å². The SMILES string of the molecule is CC(C)(C)OC(=O)CCc1ccc(N2CC(=O)N(CC[Si](C)(C)C)S2(=O)=O)c(OCc2ccccc2)c1. The molecule has 0 spiro atoms. The Bertz CT molecular complexity index is 1220. The van der Waals surface area contributed by atoms with E-state index in [1.165, 1.54) is 0 Å². The summed E-state index contributed by atoms with van der Waals surface area (Å²) >= 11 is 0. The summed E-state index contributed by atoms with van der Waals surface area (Å²) in [6, 6.07) is 15.4. The maximum atomic E-state index is 13.4. The number of ether oxygens (including phenoxy) is 2. The zero-order valence-corrected chi connectivity index (χ0v) is 24.4. The summed E-state index contributed by atoms with van der Waals surface area (Å²) in [7, 11) is -5.59. The predicted octanol–water partition coefficient (Wildman–Crippen LogP) is 4.77. The van der Waals surface area contributed by atoms with Crippen molar-refractivity contribution in [2.75, 3.05) is 17.4 Å². The Morgan fingerprint density at radius 3 is 2.32 bits per heavy atom. The number of nitrogens with zero attached hydrogens (tertiary/aromatic N) is 2. The minimum atomic E-state index is -4.03. The molecule has 1 fully saturated rings. The van der Waals surface area contributed by atoms with Crippen LogP contribution in [0.5, 0.6) is 5.75 Å². The molecule has 1 aliphatic heterocycles. The minimum absolute atomic E-state index is 0.180. The molecule has 0 aliphatic carbocycles. The second kappa shape index (κ2) is 11.3. The standard InChI is InChI=1S/C27H38N2O6SSi/c1-27(2,3)35-26(31)15-13-21-12-14-23(24(18-21)34-20-22-10-8-7-9-11-22)29-19-25(30)28(36(29,32)33)16-17-37(4,5)6/h7-12,14,18H,13,15-17,19-20H2,1-6H3. The fourth-order valence-corrected chi connectivity index (χ4v) is 6.43. The Morgan fingerprint density at radius 2 is 1.70 bits per heavy atom. The van der Waals surface area contributed by atoms with Crippen LogP contribution in [0.25, 0.3) is 0 Å². The van der Waals surface area contributed by atoms with Gasteiger partial charge in [0.2, 0.25) is 0 Å². The monoisotopic (exact) mass is 546 g/mol. The van der Waals surface area contributed by atoms with Crippen LogP contribution in [0.4, 0.5) is 5.69 Å². The number of anilines is 1. The first-order chi connectivity index (χ1) is 17.2. The third-order valence-corrected chi connectivity index (χ3v) is 9.30. The van der Waals surface area contributed by atoms with E-state index < -0.39 is 29.8 Å². The molecule has 202 valence electrons. The zero-order chi connectivity index (χ0) is 27.4. The first-order valence-corrected chi connectivity index (χ1v) is 17.6. The molecule has 1 saturated heterocycles. The van der Waals surface area contributed by atoms with Gasteiger partial charge in [-0.3, -0.25) is 9.59 Å². The Labute approximate surface area is 221 Å². The second-order valence-electron chi connectivity index (χ2n) is 11.5. The first kappa shape index (κ1) is 28.7. The van der Waals surface area contributed by atoms with E-state index in [0.29, 0.717) is 23.9 Å². The summed E-state index contributed by atoms with van der Waals surface area (Å²) in [5, 5.41) is 0. The van der Waals surface area contributed by atoms with Gasteiger partial charge in [0, 0.05) is 21.0 Å². The van der Waals surface area contributed by atoms with Gasteiger partial charge in [0.1, 0.15) is 24.5 Å². The zero-order valence-electron chi connectivity index (χ0n) is 22.6. The molecular formula is C27H38N2O6SSi. The van der Waals surface area contributed by atoms with Crippen molar-refractivity contribution in [3.63, 3.8) is 0 Å². The smallest absolute Gasteiger partial charge is 0.329 e. The van der Waals surface area contributed by atoms with Gasteiger partial charge in [-0.15, -0.1) is 0 Å². The highest BCUT2D eigenvalue weighted by Gasteiger charge is 2.43. The molecule has 37 heavy (non-hydrogen) atoms. The van der Waals surface area contributed by atoms with Crippen LogP contribution in [0.15, 0.2) is 48.5 Å². The summed E-state index contributed by atoms with van der Waals surface area (Å²) in [4.78, 5) is 25.0. The highest BCUT2D eigenvalue weighted by molar-refractivity contribution is 7.91. The lowest BCUT2D eigenvalue weighted by Crippen LogP contribution is -2.37. The van der Waals surface area contributed by atoms with Crippen molar-refractivity contribution >= 4 is 35.8 Å². The van der Waals surface area contributed by atoms with E-state index in [-0.39, 0.29) is 32.1 Å². The van der Waals surface area contributed by atoms with Gasteiger partial charge in [0.25, 0.3) is 5.91 Å². The van der Waals surface area contributed by atoms with Crippen molar-refractivity contribution in [3.05, 3.63) is 59.7 Å². The molecule has 1 aliphatic rings. The van der Waals surface area contributed by atoms with Crippen LogP contribution in [-0.2, 0) is 37.6 Å². The van der Waals surface area contributed by atoms with E-state index in [0.717, 1.165) is 19.7 Å². The molecule has 0 radical (unpaired) electrons. The highest BCUT2D eigenvalue weighted by Crippen LogP contribution is 2.36. The molecular weight excluding hydrogens is 508 g/mol. The fraction of sp³-hybridized carbons (Fsp3) is 0.481. The summed E-state index contributed by atoms with van der Waals surface area (Å²) in [5.41, 5.74) is 1.46. The van der Waals surface area contributed by atoms with Crippen molar-refractivity contribution in [2.24, 2.45) is 0 Å². The third-order valence-electron chi connectivity index (χ3n) is 5.75. The molecule has 3 rings (SSSR count). The van der Waals surface area contributed by atoms with Crippen molar-refractivity contribution < 1.29 is 27.5 Å². The quantitative estimate of drug-likeness (QED) is 0.315. The summed E-state index contributed by atoms with van der Waals surface area (Å²) in [6.45, 7) is 12.0. The third kappa shape index (κ3) is 8.06. The first-order valence-electron chi connectivity index (χ1n) is 12.5. The number of hydrogen-bond donors (Lipinski definition) is 0. The summed E-state index contributed by atoms with van der Waals surface area (Å²) in [5.74, 6) is -0.413. The average molecular weight is 547 g/mol. The number of carbonyl (C=O) groups is 2. The molecule has 2 aromatic rings. The lowest BCUT2D eigenvalue weighted by Gasteiger charge is -2.24. The number of aryl methyl sites for hydroxylation is 1. The minimum Gasteiger partial charge on any atom is -0.487 e. The van der Waals surface area contributed by atoms with Gasteiger partial charge in [-0.25, -0.2) is 8.61 Å². The molecule has 0 bridgehead atoms. The molecule has 0 unspecified atom stereocenters. The molecule has 2 aromatic carbocycles. The fourth-order valence-electron chi connectivity index (χ4n) is 3.83. The molecule has 0 N–H and O–H groups in total. The van der Waals surface area contributed by atoms with Crippen LogP contribution in [0.2, 0.25) is 25.7 Å². The van der Waals surface area contributed by atoms with Crippen LogP contribution in [-0.4, -0.2) is 51.4 Å². The van der Waals surface area contributed by atoms with Gasteiger partial charge in [-0.2, -0.15) is 8.42 Å². The number of hydrogen-bond acceptors (Lipinski definition) is 6. The summed E-state index contributed by atoms with van der Waals surface area (Å²) in [6.07, 6.45) is 0.588. The largest absolute Gasteiger partial charge is 0.487 e. The molecule has 1 amide bonds. The summed E-state index contributed by atoms with van der Waals surface area (Å²) < 4.78 is 40.4. The number of rotatable bonds is 10. The van der Waals surface area contributed by atoms with Crippen LogP contribution in [0.3, 0.4) is 0 Å². The van der Waals surface area contributed by atoms with Crippen molar-refractivity contribution in [3.8, 4) is 5.75 Å². The van der Waals surface area contributed by atoms with E-state index in [9.17, 15) is 18.0 Å². The van der Waals surface area contributed by atoms with Crippen molar-refractivity contribution in [2.45, 2.75) is 71.5 Å². The average Bonchev–Trinajstić information content (AvgIpc) is 3.01. The van der Waals surface area contributed by atoms with Crippen LogP contribution in [0.1, 0.15) is 38.3 Å². The Balaban J connectivity index is 1.87. The van der Waals surface area contributed by atoms with Crippen molar-refractivity contribution in [1.29, 1.82) is 0 Å². The van der Waals surface area contributed by atoms with E-state index in [2.05, 4.69) is 19.6 Å². The second-order valence-corrected chi connectivity index (χ2v) is 18.9. The van der Waals surface area contributed by atoms with Crippen LogP contribution in [0, 0.1) is 0 Å². The van der Waals surface area contributed by atoms with Gasteiger partial charge >= 0.3 is 16.2 Å². The Morgan fingerprint density at radius 1 is 1.03 bits per heavy atom. The lowest BCUT2D eigenvalue weighted by atomic mass is 10.1. The van der Waals surface area contributed by atoms with Gasteiger partial charge in [0.15, 0.2) is 0 Å². The van der Waals surface area contributed by atoms with Crippen molar-refractivity contribution in [1.82, 2.24) is 4.31 Å². The van der Waals surface area contributed by atoms with Gasteiger partial charge in [0.05, 0.1) is 5.69 Å². The maximum Gasteiger partial charge on any atom is 0.329 e. The maximum absolute atomic E-state index is 13.4. The Kier molecular flexibility index (Phi) is 8.74. The van der Waals surface area contributed by atoms with Crippen LogP contribution < -0.4 is 9.04 Å². The molecule has 0 atom stereocenters. The van der Waals surface area contributed by atoms with E-state index in [1.807, 2.05) is 51.1 Å². The molecule has 0 aromatic heterocycles. The van der Waals surface area contributed by atoms with E-state index in [1.54, 1.807) is 18.2 Å². The predicted molar refractivity (Wildman–Crippen MR) is 148 cm³/mol. The Hall–Kier alpha value is -2.85. The molecule has 8 nitrogen and oxygen atoms in total. The van der Waals surface area contributed by atoms with E-state index >= 15 is 0 Å². The molecule has 10 heteroatoms. The number of carbonyl (C=O) groups excluding carboxylic acids is 2. The van der Waals surface area contributed by atoms with Crippen LogP contribution >= 0.6 is 0 Å². The number of esters is 1. The number of amides is 1. The van der Waals surface area contributed by atoms with Gasteiger partial charge < -0.3 is 9.47 Å². The lowest BCUT2D eigenvalue weighted by molar-refractivity contribution is -0.154. The normalized spacial score (nSPS) is 15.7.